The molecule has 0 bridgehead atoms. The van der Waals surface area contributed by atoms with Crippen molar-refractivity contribution < 1.29 is 14.7 Å². The number of amides is 1. The highest BCUT2D eigenvalue weighted by molar-refractivity contribution is 6.32. The summed E-state index contributed by atoms with van der Waals surface area (Å²) >= 11 is 5.96. The number of nitrogens with zero attached hydrogens (tertiary/aromatic N) is 1. The van der Waals surface area contributed by atoms with Crippen LogP contribution < -0.4 is 5.32 Å². The molecule has 1 aromatic heterocycles. The third-order valence-corrected chi connectivity index (χ3v) is 3.17. The number of aromatic carboxylic acids is 1. The van der Waals surface area contributed by atoms with Crippen molar-refractivity contribution in [1.82, 2.24) is 4.98 Å². The quantitative estimate of drug-likeness (QED) is 0.911. The third-order valence-electron chi connectivity index (χ3n) is 2.76. The lowest BCUT2D eigenvalue weighted by Gasteiger charge is -2.08. The molecule has 5 nitrogen and oxygen atoms in total. The minimum atomic E-state index is -1.07. The monoisotopic (exact) mass is 290 g/mol. The van der Waals surface area contributed by atoms with Crippen LogP contribution in [0.4, 0.5) is 5.82 Å². The van der Waals surface area contributed by atoms with Crippen LogP contribution in [0, 0.1) is 6.92 Å². The molecule has 0 spiro atoms. The van der Waals surface area contributed by atoms with E-state index in [1.165, 1.54) is 18.3 Å². The van der Waals surface area contributed by atoms with Gasteiger partial charge in [-0.3, -0.25) is 4.79 Å². The number of carbonyl (C=O) groups excluding carboxylic acids is 1. The van der Waals surface area contributed by atoms with Crippen LogP contribution in [0.5, 0.6) is 0 Å². The van der Waals surface area contributed by atoms with E-state index >= 15 is 0 Å². The van der Waals surface area contributed by atoms with Crippen LogP contribution in [0.1, 0.15) is 26.3 Å². The SMILES string of the molecule is Cc1c(Cl)cccc1C(=O)Nc1ccc(C(=O)O)cn1. The molecule has 2 aromatic rings. The number of pyridine rings is 1. The molecule has 20 heavy (non-hydrogen) atoms. The lowest BCUT2D eigenvalue weighted by molar-refractivity contribution is 0.0696. The molecule has 0 aliphatic rings. The van der Waals surface area contributed by atoms with E-state index in [1.54, 1.807) is 25.1 Å². The maximum Gasteiger partial charge on any atom is 0.337 e. The van der Waals surface area contributed by atoms with Gasteiger partial charge in [-0.2, -0.15) is 0 Å². The number of carboxylic acids is 1. The Labute approximate surface area is 120 Å². The van der Waals surface area contributed by atoms with Crippen molar-refractivity contribution in [2.24, 2.45) is 0 Å². The van der Waals surface area contributed by atoms with Crippen LogP contribution in [0.15, 0.2) is 36.5 Å². The minimum absolute atomic E-state index is 0.0573. The number of anilines is 1. The van der Waals surface area contributed by atoms with Crippen molar-refractivity contribution in [3.63, 3.8) is 0 Å². The second kappa shape index (κ2) is 5.71. The zero-order valence-electron chi connectivity index (χ0n) is 10.6. The van der Waals surface area contributed by atoms with Gasteiger partial charge in [-0.05, 0) is 36.8 Å². The fourth-order valence-corrected chi connectivity index (χ4v) is 1.81. The topological polar surface area (TPSA) is 79.3 Å². The Balaban J connectivity index is 2.19. The van der Waals surface area contributed by atoms with Gasteiger partial charge in [0, 0.05) is 16.8 Å². The van der Waals surface area contributed by atoms with Crippen molar-refractivity contribution in [2.75, 3.05) is 5.32 Å². The van der Waals surface area contributed by atoms with Crippen LogP contribution in [0.3, 0.4) is 0 Å². The number of hydrogen-bond donors (Lipinski definition) is 2. The van der Waals surface area contributed by atoms with E-state index in [4.69, 9.17) is 16.7 Å². The maximum atomic E-state index is 12.1. The number of aromatic nitrogens is 1. The fourth-order valence-electron chi connectivity index (χ4n) is 1.63. The van der Waals surface area contributed by atoms with Crippen LogP contribution >= 0.6 is 11.6 Å². The van der Waals surface area contributed by atoms with Crippen LogP contribution in [0.25, 0.3) is 0 Å². The number of carboxylic acid groups (broad SMARTS) is 1. The molecule has 0 aliphatic carbocycles. The Bertz CT molecular complexity index is 669. The molecule has 1 aromatic carbocycles. The molecule has 1 heterocycles. The molecule has 0 aliphatic heterocycles. The highest BCUT2D eigenvalue weighted by Crippen LogP contribution is 2.19. The predicted octanol–water partition coefficient (Wildman–Crippen LogP) is 2.99. The molecule has 2 N–H and O–H groups in total. The Morgan fingerprint density at radius 3 is 2.60 bits per heavy atom. The Morgan fingerprint density at radius 1 is 1.25 bits per heavy atom. The smallest absolute Gasteiger partial charge is 0.337 e. The third kappa shape index (κ3) is 2.95. The van der Waals surface area contributed by atoms with Gasteiger partial charge in [-0.15, -0.1) is 0 Å². The van der Waals surface area contributed by atoms with Gasteiger partial charge in [0.2, 0.25) is 0 Å². The van der Waals surface area contributed by atoms with Gasteiger partial charge in [0.05, 0.1) is 5.56 Å². The number of carbonyl (C=O) groups is 2. The summed E-state index contributed by atoms with van der Waals surface area (Å²) in [6, 6.07) is 7.85. The molecule has 0 unspecified atom stereocenters. The van der Waals surface area contributed by atoms with Crippen molar-refractivity contribution in [1.29, 1.82) is 0 Å². The number of rotatable bonds is 3. The number of nitrogens with one attached hydrogen (secondary N) is 1. The van der Waals surface area contributed by atoms with E-state index < -0.39 is 5.97 Å². The summed E-state index contributed by atoms with van der Waals surface area (Å²) in [5.41, 5.74) is 1.18. The molecule has 6 heteroatoms. The summed E-state index contributed by atoms with van der Waals surface area (Å²) in [7, 11) is 0. The molecule has 0 atom stereocenters. The van der Waals surface area contributed by atoms with Gasteiger partial charge in [0.1, 0.15) is 5.82 Å². The lowest BCUT2D eigenvalue weighted by Crippen LogP contribution is -2.14. The number of hydrogen-bond acceptors (Lipinski definition) is 3. The predicted molar refractivity (Wildman–Crippen MR) is 75.3 cm³/mol. The Hall–Kier alpha value is -2.40. The standard InChI is InChI=1S/C14H11ClN2O3/c1-8-10(3-2-4-11(8)15)13(18)17-12-6-5-9(7-16-12)14(19)20/h2-7H,1H3,(H,19,20)(H,16,17,18). The average Bonchev–Trinajstić information content (AvgIpc) is 2.42. The van der Waals surface area contributed by atoms with Gasteiger partial charge >= 0.3 is 5.97 Å². The van der Waals surface area contributed by atoms with Gasteiger partial charge in [-0.1, -0.05) is 17.7 Å². The Morgan fingerprint density at radius 2 is 2.00 bits per heavy atom. The van der Waals surface area contributed by atoms with Gasteiger partial charge in [0.25, 0.3) is 5.91 Å². The van der Waals surface area contributed by atoms with Crippen molar-refractivity contribution in [3.05, 3.63) is 58.2 Å². The molecule has 1 amide bonds. The van der Waals surface area contributed by atoms with Crippen molar-refractivity contribution in [2.45, 2.75) is 6.92 Å². The molecule has 0 fully saturated rings. The molecule has 0 saturated carbocycles. The van der Waals surface area contributed by atoms with Crippen molar-refractivity contribution >= 4 is 29.3 Å². The first-order chi connectivity index (χ1) is 9.49. The normalized spacial score (nSPS) is 10.1. The van der Waals surface area contributed by atoms with E-state index in [2.05, 4.69) is 10.3 Å². The lowest BCUT2D eigenvalue weighted by atomic mass is 10.1. The summed E-state index contributed by atoms with van der Waals surface area (Å²) < 4.78 is 0. The highest BCUT2D eigenvalue weighted by atomic mass is 35.5. The summed E-state index contributed by atoms with van der Waals surface area (Å²) in [5, 5.41) is 11.9. The van der Waals surface area contributed by atoms with Gasteiger partial charge < -0.3 is 10.4 Å². The first-order valence-corrected chi connectivity index (χ1v) is 6.12. The minimum Gasteiger partial charge on any atom is -0.478 e. The van der Waals surface area contributed by atoms with E-state index in [0.29, 0.717) is 16.1 Å². The van der Waals surface area contributed by atoms with E-state index in [9.17, 15) is 9.59 Å². The largest absolute Gasteiger partial charge is 0.478 e. The average molecular weight is 291 g/mol. The molecule has 0 radical (unpaired) electrons. The van der Waals surface area contributed by atoms with Gasteiger partial charge in [0.15, 0.2) is 0 Å². The maximum absolute atomic E-state index is 12.1. The first kappa shape index (κ1) is 14.0. The van der Waals surface area contributed by atoms with Crippen molar-refractivity contribution in [3.8, 4) is 0 Å². The zero-order valence-corrected chi connectivity index (χ0v) is 11.3. The molecular formula is C14H11ClN2O3. The fraction of sp³-hybridized carbons (Fsp3) is 0.0714. The van der Waals surface area contributed by atoms with Gasteiger partial charge in [-0.25, -0.2) is 9.78 Å². The van der Waals surface area contributed by atoms with Crippen LogP contribution in [-0.4, -0.2) is 22.0 Å². The van der Waals surface area contributed by atoms with E-state index in [-0.39, 0.29) is 17.3 Å². The van der Waals surface area contributed by atoms with E-state index in [0.717, 1.165) is 0 Å². The highest BCUT2D eigenvalue weighted by Gasteiger charge is 2.12. The summed E-state index contributed by atoms with van der Waals surface area (Å²) in [6.07, 6.45) is 1.18. The number of halogens is 1. The molecule has 2 rings (SSSR count). The summed E-state index contributed by atoms with van der Waals surface area (Å²) in [4.78, 5) is 26.6. The summed E-state index contributed by atoms with van der Waals surface area (Å²) in [5.74, 6) is -1.14. The zero-order chi connectivity index (χ0) is 14.7. The summed E-state index contributed by atoms with van der Waals surface area (Å²) in [6.45, 7) is 1.75. The first-order valence-electron chi connectivity index (χ1n) is 5.75. The second-order valence-electron chi connectivity index (χ2n) is 4.10. The second-order valence-corrected chi connectivity index (χ2v) is 4.51. The van der Waals surface area contributed by atoms with E-state index in [1.807, 2.05) is 0 Å². The molecule has 0 saturated heterocycles. The number of benzene rings is 1. The molecule has 102 valence electrons. The van der Waals surface area contributed by atoms with Crippen LogP contribution in [0.2, 0.25) is 5.02 Å². The van der Waals surface area contributed by atoms with Crippen LogP contribution in [-0.2, 0) is 0 Å². The molecular weight excluding hydrogens is 280 g/mol. The Kier molecular flexibility index (Phi) is 4.00.